The summed E-state index contributed by atoms with van der Waals surface area (Å²) in [6, 6.07) is 8.52. The summed E-state index contributed by atoms with van der Waals surface area (Å²) in [5.41, 5.74) is 1.90. The highest BCUT2D eigenvalue weighted by molar-refractivity contribution is 9.10. The molecule has 2 aromatic heterocycles. The molecule has 3 aromatic rings. The van der Waals surface area contributed by atoms with Crippen LogP contribution in [0.4, 0.5) is 5.13 Å². The van der Waals surface area contributed by atoms with Gasteiger partial charge in [0, 0.05) is 34.4 Å². The van der Waals surface area contributed by atoms with E-state index < -0.39 is 16.1 Å². The molecule has 2 amide bonds. The first-order chi connectivity index (χ1) is 14.2. The van der Waals surface area contributed by atoms with Gasteiger partial charge in [-0.1, -0.05) is 28.1 Å². The van der Waals surface area contributed by atoms with Crippen LogP contribution in [-0.4, -0.2) is 52.9 Å². The van der Waals surface area contributed by atoms with Gasteiger partial charge in [-0.05, 0) is 24.6 Å². The number of thiazole rings is 1. The second kappa shape index (κ2) is 7.97. The number of nitrogens with one attached hydrogen (secondary N) is 1. The molecule has 1 N–H and O–H groups in total. The second-order valence-electron chi connectivity index (χ2n) is 6.83. The first-order valence-electron chi connectivity index (χ1n) is 8.94. The van der Waals surface area contributed by atoms with Crippen LogP contribution >= 0.6 is 27.3 Å². The van der Waals surface area contributed by atoms with E-state index in [9.17, 15) is 18.0 Å². The number of anilines is 1. The summed E-state index contributed by atoms with van der Waals surface area (Å²) in [4.78, 5) is 31.2. The van der Waals surface area contributed by atoms with Crippen LogP contribution in [0.3, 0.4) is 0 Å². The Labute approximate surface area is 185 Å². The summed E-state index contributed by atoms with van der Waals surface area (Å²) in [6.45, 7) is 0.433. The number of nitrogens with zero attached hydrogens (tertiary/aromatic N) is 3. The third kappa shape index (κ3) is 4.18. The fraction of sp³-hybridized carbons (Fsp3) is 0.211. The van der Waals surface area contributed by atoms with Gasteiger partial charge in [-0.25, -0.2) is 13.4 Å². The maximum atomic E-state index is 12.7. The van der Waals surface area contributed by atoms with Crippen LogP contribution in [0.2, 0.25) is 0 Å². The molecule has 8 nitrogen and oxygen atoms in total. The third-order valence-electron chi connectivity index (χ3n) is 4.74. The highest BCUT2D eigenvalue weighted by Crippen LogP contribution is 2.28. The molecular weight excluding hydrogens is 492 g/mol. The Bertz CT molecular complexity index is 1230. The molecule has 1 unspecified atom stereocenters. The van der Waals surface area contributed by atoms with Crippen LogP contribution < -0.4 is 5.32 Å². The zero-order valence-electron chi connectivity index (χ0n) is 15.8. The summed E-state index contributed by atoms with van der Waals surface area (Å²) in [5, 5.41) is 5.09. The Morgan fingerprint density at radius 2 is 2.10 bits per heavy atom. The number of carbonyl (C=O) groups excluding carboxylic acids is 2. The average Bonchev–Trinajstić information content (AvgIpc) is 3.30. The molecule has 1 aliphatic rings. The van der Waals surface area contributed by atoms with Crippen LogP contribution in [0.25, 0.3) is 11.3 Å². The van der Waals surface area contributed by atoms with Crippen molar-refractivity contribution in [1.29, 1.82) is 0 Å². The number of hydrogen-bond acceptors (Lipinski definition) is 6. The molecular formula is C19H17BrN4O4S2. The van der Waals surface area contributed by atoms with Crippen molar-refractivity contribution in [1.82, 2.24) is 13.9 Å². The van der Waals surface area contributed by atoms with E-state index in [0.29, 0.717) is 18.1 Å². The quantitative estimate of drug-likeness (QED) is 0.570. The maximum Gasteiger partial charge on any atom is 0.256 e. The van der Waals surface area contributed by atoms with E-state index >= 15 is 0 Å². The van der Waals surface area contributed by atoms with Crippen LogP contribution in [0, 0.1) is 0 Å². The van der Waals surface area contributed by atoms with E-state index in [-0.39, 0.29) is 17.4 Å². The molecule has 1 aromatic carbocycles. The Hall–Kier alpha value is -2.50. The first kappa shape index (κ1) is 20.8. The Kier molecular flexibility index (Phi) is 5.51. The minimum absolute atomic E-state index is 0.226. The molecule has 4 rings (SSSR count). The molecule has 1 saturated heterocycles. The predicted octanol–water partition coefficient (Wildman–Crippen LogP) is 3.04. The van der Waals surface area contributed by atoms with E-state index in [1.54, 1.807) is 0 Å². The third-order valence-corrected chi connectivity index (χ3v) is 6.98. The molecule has 30 heavy (non-hydrogen) atoms. The zero-order valence-corrected chi connectivity index (χ0v) is 19.0. The van der Waals surface area contributed by atoms with Crippen molar-refractivity contribution in [3.8, 4) is 11.3 Å². The number of benzene rings is 1. The number of likely N-dealkylation sites (tertiary alicyclic amines) is 1. The number of aromatic nitrogens is 2. The fourth-order valence-electron chi connectivity index (χ4n) is 3.08. The van der Waals surface area contributed by atoms with Gasteiger partial charge in [0.15, 0.2) is 5.13 Å². The number of carbonyl (C=O) groups is 2. The molecule has 0 saturated carbocycles. The standard InChI is InChI=1S/C19H17BrN4O4S2/c1-30(27,28)23-7-5-13(10-23)18(26)24-8-6-16(24)17(25)22-19-21-15(11-29-19)12-3-2-4-14(20)9-12/h2-5,7,9-11,16H,6,8H2,1H3,(H,21,22,25). The minimum Gasteiger partial charge on any atom is -0.326 e. The number of amides is 2. The van der Waals surface area contributed by atoms with Crippen molar-refractivity contribution in [2.45, 2.75) is 12.5 Å². The van der Waals surface area contributed by atoms with Gasteiger partial charge < -0.3 is 10.2 Å². The molecule has 1 fully saturated rings. The lowest BCUT2D eigenvalue weighted by molar-refractivity contribution is -0.123. The monoisotopic (exact) mass is 508 g/mol. The Morgan fingerprint density at radius 3 is 2.73 bits per heavy atom. The molecule has 1 aliphatic heterocycles. The van der Waals surface area contributed by atoms with Gasteiger partial charge in [-0.15, -0.1) is 11.3 Å². The van der Waals surface area contributed by atoms with E-state index in [4.69, 9.17) is 0 Å². The van der Waals surface area contributed by atoms with Gasteiger partial charge in [0.2, 0.25) is 15.9 Å². The highest BCUT2D eigenvalue weighted by Gasteiger charge is 2.38. The van der Waals surface area contributed by atoms with Crippen molar-refractivity contribution >= 4 is 54.2 Å². The van der Waals surface area contributed by atoms with Crippen molar-refractivity contribution in [2.75, 3.05) is 18.1 Å². The lowest BCUT2D eigenvalue weighted by atomic mass is 10.0. The first-order valence-corrected chi connectivity index (χ1v) is 12.5. The number of hydrogen-bond donors (Lipinski definition) is 1. The molecule has 0 spiro atoms. The SMILES string of the molecule is CS(=O)(=O)n1ccc(C(=O)N2CCC2C(=O)Nc2nc(-c3cccc(Br)c3)cs2)c1. The predicted molar refractivity (Wildman–Crippen MR) is 118 cm³/mol. The van der Waals surface area contributed by atoms with E-state index in [1.165, 1.54) is 34.7 Å². The molecule has 0 aliphatic carbocycles. The zero-order chi connectivity index (χ0) is 21.5. The number of rotatable bonds is 5. The van der Waals surface area contributed by atoms with Crippen molar-refractivity contribution < 1.29 is 18.0 Å². The van der Waals surface area contributed by atoms with Gasteiger partial charge in [0.1, 0.15) is 6.04 Å². The summed E-state index contributed by atoms with van der Waals surface area (Å²) in [6.07, 6.45) is 4.16. The molecule has 11 heteroatoms. The van der Waals surface area contributed by atoms with Crippen LogP contribution in [-0.2, 0) is 14.8 Å². The summed E-state index contributed by atoms with van der Waals surface area (Å²) < 4.78 is 25.1. The molecule has 3 heterocycles. The highest BCUT2D eigenvalue weighted by atomic mass is 79.9. The average molecular weight is 509 g/mol. The summed E-state index contributed by atoms with van der Waals surface area (Å²) >= 11 is 4.74. The smallest absolute Gasteiger partial charge is 0.256 e. The Morgan fingerprint density at radius 1 is 1.30 bits per heavy atom. The van der Waals surface area contributed by atoms with Crippen LogP contribution in [0.15, 0.2) is 52.6 Å². The molecule has 0 bridgehead atoms. The summed E-state index contributed by atoms with van der Waals surface area (Å²) in [5.74, 6) is -0.690. The lowest BCUT2D eigenvalue weighted by Gasteiger charge is -2.39. The van der Waals surface area contributed by atoms with E-state index in [2.05, 4.69) is 26.2 Å². The van der Waals surface area contributed by atoms with E-state index in [0.717, 1.165) is 26.0 Å². The summed E-state index contributed by atoms with van der Waals surface area (Å²) in [7, 11) is -3.47. The number of halogens is 1. The van der Waals surface area contributed by atoms with Crippen molar-refractivity contribution in [3.63, 3.8) is 0 Å². The topological polar surface area (TPSA) is 101 Å². The van der Waals surface area contributed by atoms with Crippen molar-refractivity contribution in [2.24, 2.45) is 0 Å². The minimum atomic E-state index is -3.47. The van der Waals surface area contributed by atoms with Gasteiger partial charge in [-0.3, -0.25) is 13.6 Å². The fourth-order valence-corrected chi connectivity index (χ4v) is 4.79. The van der Waals surface area contributed by atoms with Gasteiger partial charge in [0.05, 0.1) is 17.5 Å². The molecule has 1 atom stereocenters. The normalized spacial score (nSPS) is 16.2. The second-order valence-corrected chi connectivity index (χ2v) is 10.5. The molecule has 0 radical (unpaired) electrons. The molecule has 156 valence electrons. The van der Waals surface area contributed by atoms with Crippen LogP contribution in [0.5, 0.6) is 0 Å². The van der Waals surface area contributed by atoms with Crippen molar-refractivity contribution in [3.05, 3.63) is 58.1 Å². The van der Waals surface area contributed by atoms with Gasteiger partial charge in [-0.2, -0.15) is 0 Å². The largest absolute Gasteiger partial charge is 0.326 e. The van der Waals surface area contributed by atoms with Gasteiger partial charge in [0.25, 0.3) is 5.91 Å². The Balaban J connectivity index is 1.43. The van der Waals surface area contributed by atoms with Gasteiger partial charge >= 0.3 is 0 Å². The maximum absolute atomic E-state index is 12.7. The van der Waals surface area contributed by atoms with Crippen LogP contribution in [0.1, 0.15) is 16.8 Å². The van der Waals surface area contributed by atoms with E-state index in [1.807, 2.05) is 29.6 Å². The lowest BCUT2D eigenvalue weighted by Crippen LogP contribution is -2.56.